The second kappa shape index (κ2) is 13.8. The van der Waals surface area contributed by atoms with Crippen molar-refractivity contribution in [1.29, 1.82) is 0 Å². The van der Waals surface area contributed by atoms with E-state index < -0.39 is 60.8 Å². The molecular weight excluding hydrogens is 448 g/mol. The van der Waals surface area contributed by atoms with Crippen molar-refractivity contribution in [3.05, 3.63) is 29.8 Å². The zero-order valence-electron chi connectivity index (χ0n) is 19.1. The number of hydrogen-bond donors (Lipinski definition) is 7. The molecule has 12 nitrogen and oxygen atoms in total. The summed E-state index contributed by atoms with van der Waals surface area (Å²) in [4.78, 5) is 59.3. The van der Waals surface area contributed by atoms with Crippen molar-refractivity contribution in [3.8, 4) is 5.75 Å². The minimum atomic E-state index is -1.43. The molecule has 1 aromatic rings. The van der Waals surface area contributed by atoms with Gasteiger partial charge in [0.1, 0.15) is 17.8 Å². The van der Waals surface area contributed by atoms with Gasteiger partial charge in [0.15, 0.2) is 0 Å². The summed E-state index contributed by atoms with van der Waals surface area (Å²) in [6, 6.07) is 2.69. The molecule has 0 aliphatic rings. The second-order valence-corrected chi connectivity index (χ2v) is 7.96. The van der Waals surface area contributed by atoms with Gasteiger partial charge in [0.25, 0.3) is 0 Å². The number of carbonyl (C=O) groups is 5. The number of carboxylic acids is 2. The van der Waals surface area contributed by atoms with Gasteiger partial charge in [-0.25, -0.2) is 4.79 Å². The molecule has 0 fully saturated rings. The number of phenolic OH excluding ortho intramolecular Hbond substituents is 1. The van der Waals surface area contributed by atoms with E-state index in [-0.39, 0.29) is 24.5 Å². The van der Waals surface area contributed by atoms with Crippen LogP contribution in [0.5, 0.6) is 5.75 Å². The number of phenols is 1. The van der Waals surface area contributed by atoms with Crippen LogP contribution in [-0.2, 0) is 30.4 Å². The third-order valence-electron chi connectivity index (χ3n) is 5.23. The van der Waals surface area contributed by atoms with Gasteiger partial charge in [0.05, 0.1) is 12.6 Å². The van der Waals surface area contributed by atoms with Gasteiger partial charge in [-0.15, -0.1) is 0 Å². The standard InChI is InChI=1S/C22H32N4O8/c1-3-12(2)19(21(32)25-16(22(33)34)8-9-18(29)30)26-17(28)11-24-20(31)15(23)10-13-4-6-14(27)7-5-13/h4-7,12,15-16,19,27H,3,8-11,23H2,1-2H3,(H,24,31)(H,25,32)(H,26,28)(H,29,30)(H,33,34). The molecule has 12 heteroatoms. The van der Waals surface area contributed by atoms with Crippen molar-refractivity contribution in [2.45, 2.75) is 57.7 Å². The number of amides is 3. The van der Waals surface area contributed by atoms with Crippen LogP contribution in [0.3, 0.4) is 0 Å². The predicted molar refractivity (Wildman–Crippen MR) is 121 cm³/mol. The van der Waals surface area contributed by atoms with E-state index in [1.807, 2.05) is 0 Å². The van der Waals surface area contributed by atoms with Crippen LogP contribution in [0.25, 0.3) is 0 Å². The van der Waals surface area contributed by atoms with E-state index in [2.05, 4.69) is 16.0 Å². The second-order valence-electron chi connectivity index (χ2n) is 7.96. The Hall–Kier alpha value is -3.67. The molecule has 1 aromatic carbocycles. The molecule has 0 aliphatic heterocycles. The topological polar surface area (TPSA) is 208 Å². The van der Waals surface area contributed by atoms with Crippen LogP contribution in [-0.4, -0.2) is 69.7 Å². The SMILES string of the molecule is CCC(C)C(NC(=O)CNC(=O)C(N)Cc1ccc(O)cc1)C(=O)NC(CCC(=O)O)C(=O)O. The summed E-state index contributed by atoms with van der Waals surface area (Å²) in [5.74, 6) is -4.92. The van der Waals surface area contributed by atoms with Crippen molar-refractivity contribution in [2.24, 2.45) is 11.7 Å². The number of nitrogens with two attached hydrogens (primary N) is 1. The van der Waals surface area contributed by atoms with Crippen LogP contribution in [0.4, 0.5) is 0 Å². The van der Waals surface area contributed by atoms with Gasteiger partial charge >= 0.3 is 11.9 Å². The molecule has 0 saturated heterocycles. The van der Waals surface area contributed by atoms with Crippen molar-refractivity contribution in [2.75, 3.05) is 6.54 Å². The molecule has 0 aromatic heterocycles. The summed E-state index contributed by atoms with van der Waals surface area (Å²) in [6.07, 6.45) is -0.103. The van der Waals surface area contributed by atoms with E-state index >= 15 is 0 Å². The first-order valence-corrected chi connectivity index (χ1v) is 10.8. The molecule has 34 heavy (non-hydrogen) atoms. The van der Waals surface area contributed by atoms with Gasteiger partial charge in [-0.05, 0) is 36.5 Å². The molecule has 1 rings (SSSR count). The maximum absolute atomic E-state index is 12.7. The molecule has 4 atom stereocenters. The number of rotatable bonds is 14. The van der Waals surface area contributed by atoms with E-state index in [4.69, 9.17) is 10.8 Å². The highest BCUT2D eigenvalue weighted by molar-refractivity contribution is 5.92. The van der Waals surface area contributed by atoms with E-state index in [0.717, 1.165) is 0 Å². The monoisotopic (exact) mass is 480 g/mol. The number of hydrogen-bond acceptors (Lipinski definition) is 7. The maximum atomic E-state index is 12.7. The van der Waals surface area contributed by atoms with Crippen molar-refractivity contribution in [1.82, 2.24) is 16.0 Å². The van der Waals surface area contributed by atoms with E-state index in [0.29, 0.717) is 12.0 Å². The fourth-order valence-corrected chi connectivity index (χ4v) is 2.99. The quantitative estimate of drug-likeness (QED) is 0.180. The lowest BCUT2D eigenvalue weighted by atomic mass is 9.97. The van der Waals surface area contributed by atoms with Crippen LogP contribution in [0, 0.1) is 5.92 Å². The van der Waals surface area contributed by atoms with Gasteiger partial charge in [0.2, 0.25) is 17.7 Å². The lowest BCUT2D eigenvalue weighted by Gasteiger charge is -2.25. The molecule has 3 amide bonds. The zero-order valence-corrected chi connectivity index (χ0v) is 19.1. The third kappa shape index (κ3) is 9.86. The van der Waals surface area contributed by atoms with Crippen LogP contribution < -0.4 is 21.7 Å². The van der Waals surface area contributed by atoms with Crippen molar-refractivity contribution < 1.29 is 39.3 Å². The zero-order chi connectivity index (χ0) is 25.8. The molecule has 0 radical (unpaired) electrons. The van der Waals surface area contributed by atoms with Gasteiger partial charge in [-0.1, -0.05) is 32.4 Å². The molecule has 0 spiro atoms. The molecule has 0 heterocycles. The minimum absolute atomic E-state index is 0.0786. The largest absolute Gasteiger partial charge is 0.508 e. The van der Waals surface area contributed by atoms with Crippen molar-refractivity contribution in [3.63, 3.8) is 0 Å². The normalized spacial score (nSPS) is 14.2. The van der Waals surface area contributed by atoms with Crippen LogP contribution >= 0.6 is 0 Å². The lowest BCUT2D eigenvalue weighted by Crippen LogP contribution is -2.56. The molecule has 188 valence electrons. The first kappa shape index (κ1) is 28.4. The Bertz CT molecular complexity index is 874. The van der Waals surface area contributed by atoms with Crippen molar-refractivity contribution >= 4 is 29.7 Å². The average molecular weight is 481 g/mol. The Morgan fingerprint density at radius 2 is 1.62 bits per heavy atom. The van der Waals surface area contributed by atoms with Crippen LogP contribution in [0.2, 0.25) is 0 Å². The van der Waals surface area contributed by atoms with Gasteiger partial charge in [-0.3, -0.25) is 19.2 Å². The van der Waals surface area contributed by atoms with Gasteiger partial charge < -0.3 is 37.0 Å². The molecule has 0 aliphatic carbocycles. The van der Waals surface area contributed by atoms with Gasteiger partial charge in [-0.2, -0.15) is 0 Å². The number of carboxylic acid groups (broad SMARTS) is 2. The smallest absolute Gasteiger partial charge is 0.326 e. The number of nitrogens with one attached hydrogen (secondary N) is 3. The Morgan fingerprint density at radius 1 is 1.00 bits per heavy atom. The molecule has 0 saturated carbocycles. The van der Waals surface area contributed by atoms with Gasteiger partial charge in [0, 0.05) is 6.42 Å². The number of benzene rings is 1. The summed E-state index contributed by atoms with van der Waals surface area (Å²) < 4.78 is 0. The molecule has 0 bridgehead atoms. The maximum Gasteiger partial charge on any atom is 0.326 e. The fourth-order valence-electron chi connectivity index (χ4n) is 2.99. The fraction of sp³-hybridized carbons (Fsp3) is 0.500. The summed E-state index contributed by atoms with van der Waals surface area (Å²) in [7, 11) is 0. The highest BCUT2D eigenvalue weighted by Crippen LogP contribution is 2.11. The van der Waals surface area contributed by atoms with E-state index in [1.165, 1.54) is 12.1 Å². The third-order valence-corrected chi connectivity index (χ3v) is 5.23. The first-order valence-electron chi connectivity index (χ1n) is 10.8. The summed E-state index contributed by atoms with van der Waals surface area (Å²) >= 11 is 0. The summed E-state index contributed by atoms with van der Waals surface area (Å²) in [5, 5.41) is 34.4. The molecule has 8 N–H and O–H groups in total. The van der Waals surface area contributed by atoms with Crippen LogP contribution in [0.1, 0.15) is 38.7 Å². The minimum Gasteiger partial charge on any atom is -0.508 e. The van der Waals surface area contributed by atoms with Crippen LogP contribution in [0.15, 0.2) is 24.3 Å². The number of aromatic hydroxyl groups is 1. The molecular formula is C22H32N4O8. The predicted octanol–water partition coefficient (Wildman–Crippen LogP) is -0.657. The highest BCUT2D eigenvalue weighted by atomic mass is 16.4. The molecule has 4 unspecified atom stereocenters. The number of carbonyl (C=O) groups excluding carboxylic acids is 3. The Labute approximate surface area is 196 Å². The Morgan fingerprint density at radius 3 is 2.15 bits per heavy atom. The average Bonchev–Trinajstić information content (AvgIpc) is 2.78. The Balaban J connectivity index is 2.67. The first-order chi connectivity index (χ1) is 15.9. The summed E-state index contributed by atoms with van der Waals surface area (Å²) in [6.45, 7) is 3.01. The lowest BCUT2D eigenvalue weighted by molar-refractivity contribution is -0.143. The summed E-state index contributed by atoms with van der Waals surface area (Å²) in [5.41, 5.74) is 6.57. The number of aliphatic carboxylic acids is 2. The Kier molecular flexibility index (Phi) is 11.5. The highest BCUT2D eigenvalue weighted by Gasteiger charge is 2.30. The van der Waals surface area contributed by atoms with E-state index in [1.54, 1.807) is 26.0 Å². The van der Waals surface area contributed by atoms with E-state index in [9.17, 15) is 34.2 Å².